The van der Waals surface area contributed by atoms with Crippen molar-refractivity contribution < 1.29 is 27.4 Å². The summed E-state index contributed by atoms with van der Waals surface area (Å²) in [6, 6.07) is 8.23. The lowest BCUT2D eigenvalue weighted by molar-refractivity contribution is -0.275. The van der Waals surface area contributed by atoms with Gasteiger partial charge in [-0.25, -0.2) is 4.39 Å². The summed E-state index contributed by atoms with van der Waals surface area (Å²) in [4.78, 5) is 0. The minimum absolute atomic E-state index is 0.0328. The van der Waals surface area contributed by atoms with Gasteiger partial charge in [-0.05, 0) is 47.9 Å². The van der Waals surface area contributed by atoms with E-state index in [0.29, 0.717) is 11.1 Å². The van der Waals surface area contributed by atoms with Crippen LogP contribution in [0.3, 0.4) is 0 Å². The number of rotatable bonds is 2. The molecule has 0 aliphatic carbocycles. The Morgan fingerprint density at radius 3 is 2.10 bits per heavy atom. The summed E-state index contributed by atoms with van der Waals surface area (Å²) in [5.41, 5.74) is 1.00. The Hall–Kier alpha value is -2.24. The lowest BCUT2D eigenvalue weighted by atomic mass is 10.0. The van der Waals surface area contributed by atoms with E-state index in [-0.39, 0.29) is 11.3 Å². The minimum Gasteiger partial charge on any atom is -0.508 e. The molecule has 0 aromatic heterocycles. The van der Waals surface area contributed by atoms with Gasteiger partial charge in [-0.3, -0.25) is 0 Å². The third-order valence-corrected chi connectivity index (χ3v) is 2.65. The van der Waals surface area contributed by atoms with Crippen molar-refractivity contribution in [3.63, 3.8) is 0 Å². The second-order valence-corrected chi connectivity index (χ2v) is 4.20. The van der Waals surface area contributed by atoms with E-state index in [1.807, 2.05) is 0 Å². The summed E-state index contributed by atoms with van der Waals surface area (Å²) < 4.78 is 53.8. The van der Waals surface area contributed by atoms with Crippen LogP contribution in [0, 0.1) is 12.7 Å². The first-order valence-electron chi connectivity index (χ1n) is 5.61. The highest BCUT2D eigenvalue weighted by atomic mass is 19.4. The van der Waals surface area contributed by atoms with Crippen molar-refractivity contribution in [1.29, 1.82) is 0 Å². The molecule has 0 bridgehead atoms. The molecule has 6 heteroatoms. The van der Waals surface area contributed by atoms with Gasteiger partial charge in [-0.1, -0.05) is 12.1 Å². The Morgan fingerprint density at radius 2 is 1.60 bits per heavy atom. The smallest absolute Gasteiger partial charge is 0.508 e. The van der Waals surface area contributed by atoms with Crippen LogP contribution >= 0.6 is 0 Å². The zero-order valence-electron chi connectivity index (χ0n) is 10.3. The van der Waals surface area contributed by atoms with Crippen LogP contribution in [-0.4, -0.2) is 11.5 Å². The van der Waals surface area contributed by atoms with Crippen molar-refractivity contribution >= 4 is 0 Å². The summed E-state index contributed by atoms with van der Waals surface area (Å²) >= 11 is 0. The number of phenols is 1. The van der Waals surface area contributed by atoms with Crippen LogP contribution in [0.4, 0.5) is 17.6 Å². The first-order chi connectivity index (χ1) is 9.26. The lowest BCUT2D eigenvalue weighted by Gasteiger charge is -2.13. The summed E-state index contributed by atoms with van der Waals surface area (Å²) in [6.45, 7) is 1.33. The van der Waals surface area contributed by atoms with Gasteiger partial charge < -0.3 is 9.84 Å². The van der Waals surface area contributed by atoms with Gasteiger partial charge in [0, 0.05) is 0 Å². The molecule has 2 rings (SSSR count). The SMILES string of the molecule is Cc1cc(-c2ccc(O)cc2)cc(F)c1OC(F)(F)F. The second kappa shape index (κ2) is 5.03. The average Bonchev–Trinajstić information content (AvgIpc) is 2.33. The Labute approximate surface area is 112 Å². The van der Waals surface area contributed by atoms with Crippen LogP contribution in [0.15, 0.2) is 36.4 Å². The van der Waals surface area contributed by atoms with Gasteiger partial charge in [0.2, 0.25) is 0 Å². The van der Waals surface area contributed by atoms with Gasteiger partial charge >= 0.3 is 6.36 Å². The number of alkyl halides is 3. The summed E-state index contributed by atoms with van der Waals surface area (Å²) in [7, 11) is 0. The molecule has 0 heterocycles. The molecule has 0 radical (unpaired) electrons. The fourth-order valence-corrected chi connectivity index (χ4v) is 1.80. The van der Waals surface area contributed by atoms with Crippen molar-refractivity contribution in [3.05, 3.63) is 47.8 Å². The van der Waals surface area contributed by atoms with Crippen molar-refractivity contribution in [3.8, 4) is 22.6 Å². The quantitative estimate of drug-likeness (QED) is 0.829. The van der Waals surface area contributed by atoms with Crippen LogP contribution in [-0.2, 0) is 0 Å². The van der Waals surface area contributed by atoms with Crippen LogP contribution in [0.25, 0.3) is 11.1 Å². The van der Waals surface area contributed by atoms with E-state index in [0.717, 1.165) is 6.07 Å². The summed E-state index contributed by atoms with van der Waals surface area (Å²) in [5.74, 6) is -1.88. The molecular formula is C14H10F4O2. The molecule has 0 aliphatic heterocycles. The van der Waals surface area contributed by atoms with Crippen LogP contribution in [0.5, 0.6) is 11.5 Å². The Kier molecular flexibility index (Phi) is 3.57. The summed E-state index contributed by atoms with van der Waals surface area (Å²) in [5, 5.41) is 9.17. The normalized spacial score (nSPS) is 11.4. The van der Waals surface area contributed by atoms with Crippen molar-refractivity contribution in [2.45, 2.75) is 13.3 Å². The van der Waals surface area contributed by atoms with Gasteiger partial charge in [0.05, 0.1) is 0 Å². The maximum absolute atomic E-state index is 13.7. The maximum atomic E-state index is 13.7. The highest BCUT2D eigenvalue weighted by Crippen LogP contribution is 2.33. The number of aryl methyl sites for hydroxylation is 1. The fraction of sp³-hybridized carbons (Fsp3) is 0.143. The molecule has 106 valence electrons. The molecular weight excluding hydrogens is 276 g/mol. The number of hydrogen-bond donors (Lipinski definition) is 1. The first-order valence-corrected chi connectivity index (χ1v) is 5.61. The van der Waals surface area contributed by atoms with Gasteiger partial charge in [-0.15, -0.1) is 13.2 Å². The zero-order valence-corrected chi connectivity index (χ0v) is 10.3. The number of halogens is 4. The van der Waals surface area contributed by atoms with Crippen LogP contribution in [0.2, 0.25) is 0 Å². The van der Waals surface area contributed by atoms with E-state index in [2.05, 4.69) is 4.74 Å². The van der Waals surface area contributed by atoms with E-state index in [4.69, 9.17) is 5.11 Å². The standard InChI is InChI=1S/C14H10F4O2/c1-8-6-10(9-2-4-11(19)5-3-9)7-12(15)13(8)20-14(16,17)18/h2-7,19H,1H3. The van der Waals surface area contributed by atoms with Crippen LogP contribution in [0.1, 0.15) is 5.56 Å². The Bertz CT molecular complexity index is 595. The van der Waals surface area contributed by atoms with E-state index < -0.39 is 17.9 Å². The molecule has 0 spiro atoms. The number of aromatic hydroxyl groups is 1. The molecule has 20 heavy (non-hydrogen) atoms. The van der Waals surface area contributed by atoms with E-state index in [1.165, 1.54) is 37.3 Å². The number of benzene rings is 2. The second-order valence-electron chi connectivity index (χ2n) is 4.20. The minimum atomic E-state index is -4.94. The predicted molar refractivity (Wildman–Crippen MR) is 64.9 cm³/mol. The van der Waals surface area contributed by atoms with E-state index in [1.54, 1.807) is 0 Å². The van der Waals surface area contributed by atoms with Gasteiger partial charge in [0.15, 0.2) is 11.6 Å². The third-order valence-electron chi connectivity index (χ3n) is 2.65. The molecule has 0 saturated heterocycles. The van der Waals surface area contributed by atoms with Crippen LogP contribution < -0.4 is 4.74 Å². The van der Waals surface area contributed by atoms with Gasteiger partial charge in [-0.2, -0.15) is 0 Å². The molecule has 1 N–H and O–H groups in total. The van der Waals surface area contributed by atoms with Gasteiger partial charge in [0.25, 0.3) is 0 Å². The van der Waals surface area contributed by atoms with E-state index >= 15 is 0 Å². The topological polar surface area (TPSA) is 29.5 Å². The van der Waals surface area contributed by atoms with Crippen molar-refractivity contribution in [2.24, 2.45) is 0 Å². The summed E-state index contributed by atoms with van der Waals surface area (Å²) in [6.07, 6.45) is -4.94. The first kappa shape index (κ1) is 14.2. The third kappa shape index (κ3) is 3.20. The maximum Gasteiger partial charge on any atom is 0.573 e. The Balaban J connectivity index is 2.42. The zero-order chi connectivity index (χ0) is 14.9. The molecule has 0 saturated carbocycles. The monoisotopic (exact) mass is 286 g/mol. The molecule has 0 aliphatic rings. The van der Waals surface area contributed by atoms with E-state index in [9.17, 15) is 17.6 Å². The molecule has 2 aromatic rings. The molecule has 2 nitrogen and oxygen atoms in total. The lowest BCUT2D eigenvalue weighted by Crippen LogP contribution is -2.18. The number of phenolic OH excluding ortho intramolecular Hbond substituents is 1. The number of ether oxygens (including phenoxy) is 1. The molecule has 2 aromatic carbocycles. The Morgan fingerprint density at radius 1 is 1.00 bits per heavy atom. The largest absolute Gasteiger partial charge is 0.573 e. The fourth-order valence-electron chi connectivity index (χ4n) is 1.80. The molecule has 0 amide bonds. The van der Waals surface area contributed by atoms with Gasteiger partial charge in [0.1, 0.15) is 5.75 Å². The molecule has 0 fully saturated rings. The van der Waals surface area contributed by atoms with Crippen molar-refractivity contribution in [2.75, 3.05) is 0 Å². The highest BCUT2D eigenvalue weighted by molar-refractivity contribution is 5.66. The highest BCUT2D eigenvalue weighted by Gasteiger charge is 2.33. The average molecular weight is 286 g/mol. The molecule has 0 unspecified atom stereocenters. The number of hydrogen-bond acceptors (Lipinski definition) is 2. The van der Waals surface area contributed by atoms with Crippen molar-refractivity contribution in [1.82, 2.24) is 0 Å². The molecule has 0 atom stereocenters. The predicted octanol–water partition coefficient (Wildman–Crippen LogP) is 4.41.